The third-order valence-electron chi connectivity index (χ3n) is 4.27. The molecule has 0 fully saturated rings. The smallest absolute Gasteiger partial charge is 0.231 e. The van der Waals surface area contributed by atoms with Crippen LogP contribution in [-0.2, 0) is 17.8 Å². The van der Waals surface area contributed by atoms with Gasteiger partial charge in [0.15, 0.2) is 11.5 Å². The third-order valence-corrected chi connectivity index (χ3v) is 4.27. The number of fused-ring (bicyclic) bond motifs is 1. The number of nitrogens with one attached hydrogen (secondary N) is 1. The summed E-state index contributed by atoms with van der Waals surface area (Å²) in [5, 5.41) is 2.70. The van der Waals surface area contributed by atoms with Crippen LogP contribution in [0, 0.1) is 12.7 Å². The summed E-state index contributed by atoms with van der Waals surface area (Å²) in [5.41, 5.74) is 1.71. The maximum absolute atomic E-state index is 13.6. The lowest BCUT2D eigenvalue weighted by Crippen LogP contribution is -2.25. The van der Waals surface area contributed by atoms with Crippen LogP contribution < -0.4 is 14.8 Å². The molecule has 2 aromatic carbocycles. The van der Waals surface area contributed by atoms with Gasteiger partial charge >= 0.3 is 0 Å². The molecule has 27 heavy (non-hydrogen) atoms. The first-order valence-electron chi connectivity index (χ1n) is 8.46. The molecule has 4 rings (SSSR count). The van der Waals surface area contributed by atoms with Crippen molar-refractivity contribution in [2.24, 2.45) is 0 Å². The maximum atomic E-state index is 13.6. The van der Waals surface area contributed by atoms with Crippen LogP contribution in [0.4, 0.5) is 4.39 Å². The number of benzene rings is 2. The molecule has 3 aromatic rings. The summed E-state index contributed by atoms with van der Waals surface area (Å²) in [6.45, 7) is 2.07. The van der Waals surface area contributed by atoms with Gasteiger partial charge < -0.3 is 19.2 Å². The highest BCUT2D eigenvalue weighted by molar-refractivity contribution is 5.78. The van der Waals surface area contributed by atoms with E-state index in [0.29, 0.717) is 34.4 Å². The Kier molecular flexibility index (Phi) is 4.50. The lowest BCUT2D eigenvalue weighted by molar-refractivity contribution is -0.120. The lowest BCUT2D eigenvalue weighted by Gasteiger charge is -2.05. The molecule has 6 nitrogen and oxygen atoms in total. The van der Waals surface area contributed by atoms with Gasteiger partial charge in [-0.15, -0.1) is 0 Å². The molecule has 0 saturated heterocycles. The van der Waals surface area contributed by atoms with Crippen molar-refractivity contribution in [2.45, 2.75) is 19.9 Å². The highest BCUT2D eigenvalue weighted by Crippen LogP contribution is 2.36. The molecule has 1 N–H and O–H groups in total. The zero-order chi connectivity index (χ0) is 18.8. The number of amides is 1. The molecule has 2 heterocycles. The minimum Gasteiger partial charge on any atom is -0.454 e. The summed E-state index contributed by atoms with van der Waals surface area (Å²) < 4.78 is 30.0. The van der Waals surface area contributed by atoms with Crippen molar-refractivity contribution in [1.82, 2.24) is 10.3 Å². The van der Waals surface area contributed by atoms with Crippen LogP contribution in [0.5, 0.6) is 11.5 Å². The van der Waals surface area contributed by atoms with Crippen LogP contribution >= 0.6 is 0 Å². The summed E-state index contributed by atoms with van der Waals surface area (Å²) in [6.07, 6.45) is 0.0499. The van der Waals surface area contributed by atoms with E-state index in [0.717, 1.165) is 5.56 Å². The summed E-state index contributed by atoms with van der Waals surface area (Å²) in [4.78, 5) is 16.6. The molecule has 0 unspecified atom stereocenters. The van der Waals surface area contributed by atoms with E-state index in [2.05, 4.69) is 10.3 Å². The Morgan fingerprint density at radius 1 is 1.19 bits per heavy atom. The number of nitrogens with zero attached hydrogens (tertiary/aromatic N) is 1. The summed E-state index contributed by atoms with van der Waals surface area (Å²) in [6, 6.07) is 11.7. The zero-order valence-electron chi connectivity index (χ0n) is 14.6. The molecule has 0 aliphatic carbocycles. The number of halogens is 1. The van der Waals surface area contributed by atoms with E-state index >= 15 is 0 Å². The fourth-order valence-electron chi connectivity index (χ4n) is 2.80. The van der Waals surface area contributed by atoms with E-state index in [9.17, 15) is 9.18 Å². The SMILES string of the molecule is Cc1oc(-c2ccc3c(c2)OCO3)nc1CC(=O)NCc1ccccc1F. The van der Waals surface area contributed by atoms with Crippen molar-refractivity contribution in [3.05, 3.63) is 65.3 Å². The van der Waals surface area contributed by atoms with Crippen LogP contribution in [0.1, 0.15) is 17.0 Å². The van der Waals surface area contributed by atoms with Gasteiger partial charge in [-0.05, 0) is 31.2 Å². The summed E-state index contributed by atoms with van der Waals surface area (Å²) in [7, 11) is 0. The number of aromatic nitrogens is 1. The molecule has 1 aliphatic rings. The quantitative estimate of drug-likeness (QED) is 0.747. The Labute approximate surface area is 154 Å². The van der Waals surface area contributed by atoms with Gasteiger partial charge in [0.25, 0.3) is 0 Å². The average Bonchev–Trinajstić information content (AvgIpc) is 3.27. The van der Waals surface area contributed by atoms with Gasteiger partial charge in [-0.3, -0.25) is 4.79 Å². The first-order valence-corrected chi connectivity index (χ1v) is 8.46. The Balaban J connectivity index is 1.44. The van der Waals surface area contributed by atoms with Crippen molar-refractivity contribution in [2.75, 3.05) is 6.79 Å². The van der Waals surface area contributed by atoms with Gasteiger partial charge in [0.2, 0.25) is 18.6 Å². The molecule has 1 aromatic heterocycles. The Morgan fingerprint density at radius 2 is 2.00 bits per heavy atom. The summed E-state index contributed by atoms with van der Waals surface area (Å²) >= 11 is 0. The third kappa shape index (κ3) is 3.62. The molecular weight excluding hydrogens is 351 g/mol. The minimum absolute atomic E-state index is 0.0499. The second kappa shape index (κ2) is 7.11. The maximum Gasteiger partial charge on any atom is 0.231 e. The first-order chi connectivity index (χ1) is 13.1. The fourth-order valence-corrected chi connectivity index (χ4v) is 2.80. The molecule has 0 radical (unpaired) electrons. The Hall–Kier alpha value is -3.35. The largest absolute Gasteiger partial charge is 0.454 e. The molecule has 1 aliphatic heterocycles. The van der Waals surface area contributed by atoms with Gasteiger partial charge in [0, 0.05) is 17.7 Å². The number of ether oxygens (including phenoxy) is 2. The Morgan fingerprint density at radius 3 is 2.85 bits per heavy atom. The highest BCUT2D eigenvalue weighted by Gasteiger charge is 2.18. The predicted molar refractivity (Wildman–Crippen MR) is 94.7 cm³/mol. The number of hydrogen-bond acceptors (Lipinski definition) is 5. The number of aryl methyl sites for hydroxylation is 1. The first kappa shape index (κ1) is 17.1. The lowest BCUT2D eigenvalue weighted by atomic mass is 10.2. The predicted octanol–water partition coefficient (Wildman–Crippen LogP) is 3.38. The monoisotopic (exact) mass is 368 g/mol. The van der Waals surface area contributed by atoms with Crippen molar-refractivity contribution in [3.8, 4) is 23.0 Å². The molecule has 0 saturated carbocycles. The van der Waals surface area contributed by atoms with Crippen molar-refractivity contribution in [3.63, 3.8) is 0 Å². The van der Waals surface area contributed by atoms with Crippen LogP contribution in [0.15, 0.2) is 46.9 Å². The van der Waals surface area contributed by atoms with Gasteiger partial charge in [-0.2, -0.15) is 0 Å². The Bertz CT molecular complexity index is 999. The van der Waals surface area contributed by atoms with Gasteiger partial charge in [0.05, 0.1) is 12.1 Å². The molecule has 0 spiro atoms. The van der Waals surface area contributed by atoms with Gasteiger partial charge in [0.1, 0.15) is 11.6 Å². The van der Waals surface area contributed by atoms with Crippen LogP contribution in [0.25, 0.3) is 11.5 Å². The van der Waals surface area contributed by atoms with E-state index in [1.54, 1.807) is 37.3 Å². The number of rotatable bonds is 5. The topological polar surface area (TPSA) is 73.6 Å². The second-order valence-corrected chi connectivity index (χ2v) is 6.13. The van der Waals surface area contributed by atoms with Crippen molar-refractivity contribution >= 4 is 5.91 Å². The van der Waals surface area contributed by atoms with Crippen LogP contribution in [0.3, 0.4) is 0 Å². The molecule has 7 heteroatoms. The molecule has 138 valence electrons. The van der Waals surface area contributed by atoms with E-state index in [1.165, 1.54) is 6.07 Å². The second-order valence-electron chi connectivity index (χ2n) is 6.13. The van der Waals surface area contributed by atoms with Crippen molar-refractivity contribution in [1.29, 1.82) is 0 Å². The number of carbonyl (C=O) groups excluding carboxylic acids is 1. The standard InChI is InChI=1S/C20H17FN2O4/c1-12-16(9-19(24)22-10-14-4-2-3-5-15(14)21)23-20(27-12)13-6-7-17-18(8-13)26-11-25-17/h2-8H,9-11H2,1H3,(H,22,24). The van der Waals surface area contributed by atoms with Crippen LogP contribution in [-0.4, -0.2) is 17.7 Å². The molecular formula is C20H17FN2O4. The molecule has 1 amide bonds. The normalized spacial score (nSPS) is 12.2. The number of oxazole rings is 1. The van der Waals surface area contributed by atoms with Gasteiger partial charge in [-0.25, -0.2) is 9.37 Å². The van der Waals surface area contributed by atoms with Gasteiger partial charge in [-0.1, -0.05) is 18.2 Å². The minimum atomic E-state index is -0.347. The van der Waals surface area contributed by atoms with E-state index in [-0.39, 0.29) is 31.5 Å². The molecule has 0 atom stereocenters. The van der Waals surface area contributed by atoms with E-state index in [1.807, 2.05) is 6.07 Å². The van der Waals surface area contributed by atoms with Crippen molar-refractivity contribution < 1.29 is 23.1 Å². The van der Waals surface area contributed by atoms with Crippen LogP contribution in [0.2, 0.25) is 0 Å². The summed E-state index contributed by atoms with van der Waals surface area (Å²) in [5.74, 6) is 1.67. The zero-order valence-corrected chi connectivity index (χ0v) is 14.6. The number of hydrogen-bond donors (Lipinski definition) is 1. The number of carbonyl (C=O) groups is 1. The van der Waals surface area contributed by atoms with E-state index < -0.39 is 0 Å². The molecule has 0 bridgehead atoms. The highest BCUT2D eigenvalue weighted by atomic mass is 19.1. The van der Waals surface area contributed by atoms with E-state index in [4.69, 9.17) is 13.9 Å². The fraction of sp³-hybridized carbons (Fsp3) is 0.200. The average molecular weight is 368 g/mol.